The van der Waals surface area contributed by atoms with Gasteiger partial charge in [0.25, 0.3) is 0 Å². The van der Waals surface area contributed by atoms with E-state index in [9.17, 15) is 4.79 Å². The molecule has 0 spiro atoms. The molecule has 0 saturated carbocycles. The van der Waals surface area contributed by atoms with Crippen LogP contribution in [0.3, 0.4) is 0 Å². The molecule has 1 aromatic rings. The number of nitrogens with two attached hydrogens (primary N) is 1. The van der Waals surface area contributed by atoms with Gasteiger partial charge in [-0.05, 0) is 12.8 Å². The van der Waals surface area contributed by atoms with Crippen molar-refractivity contribution < 1.29 is 14.3 Å². The second kappa shape index (κ2) is 5.58. The van der Waals surface area contributed by atoms with Crippen LogP contribution in [0, 0.1) is 0 Å². The minimum Gasteiger partial charge on any atom is -0.492 e. The van der Waals surface area contributed by atoms with E-state index in [4.69, 9.17) is 15.2 Å². The standard InChI is InChI=1S/C12H18N2O3S/c1-7(15)11-9(13)10(16-2)12(18-11)14-6-8-4-3-5-17-8/h8,14H,3-6,13H2,1-2H3. The zero-order valence-corrected chi connectivity index (χ0v) is 11.4. The molecule has 0 bridgehead atoms. The lowest BCUT2D eigenvalue weighted by molar-refractivity contribution is 0.102. The largest absolute Gasteiger partial charge is 0.492 e. The van der Waals surface area contributed by atoms with Crippen LogP contribution in [0.25, 0.3) is 0 Å². The van der Waals surface area contributed by atoms with Crippen LogP contribution in [0.15, 0.2) is 0 Å². The van der Waals surface area contributed by atoms with Crippen LogP contribution < -0.4 is 15.8 Å². The minimum atomic E-state index is -0.0408. The molecule has 1 aliphatic heterocycles. The molecule has 3 N–H and O–H groups in total. The van der Waals surface area contributed by atoms with Crippen molar-refractivity contribution in [1.82, 2.24) is 0 Å². The fourth-order valence-electron chi connectivity index (χ4n) is 2.02. The maximum atomic E-state index is 11.4. The van der Waals surface area contributed by atoms with Crippen molar-refractivity contribution in [2.45, 2.75) is 25.9 Å². The summed E-state index contributed by atoms with van der Waals surface area (Å²) in [6.07, 6.45) is 2.41. The lowest BCUT2D eigenvalue weighted by Crippen LogP contribution is -2.18. The zero-order chi connectivity index (χ0) is 13.1. The van der Waals surface area contributed by atoms with E-state index in [0.717, 1.165) is 24.4 Å². The average Bonchev–Trinajstić information content (AvgIpc) is 2.93. The zero-order valence-electron chi connectivity index (χ0n) is 10.6. The van der Waals surface area contributed by atoms with Gasteiger partial charge in [0, 0.05) is 20.1 Å². The van der Waals surface area contributed by atoms with Crippen LogP contribution in [0.5, 0.6) is 5.75 Å². The summed E-state index contributed by atoms with van der Waals surface area (Å²) < 4.78 is 10.8. The van der Waals surface area contributed by atoms with E-state index in [0.29, 0.717) is 22.9 Å². The Morgan fingerprint density at radius 1 is 1.67 bits per heavy atom. The third-order valence-electron chi connectivity index (χ3n) is 2.94. The molecule has 100 valence electrons. The van der Waals surface area contributed by atoms with Crippen molar-refractivity contribution in [3.05, 3.63) is 4.88 Å². The summed E-state index contributed by atoms with van der Waals surface area (Å²) in [7, 11) is 1.56. The van der Waals surface area contributed by atoms with Crippen LogP contribution in [0.4, 0.5) is 10.7 Å². The monoisotopic (exact) mass is 270 g/mol. The van der Waals surface area contributed by atoms with Gasteiger partial charge in [0.1, 0.15) is 5.00 Å². The Bertz CT molecular complexity index is 439. The highest BCUT2D eigenvalue weighted by atomic mass is 32.1. The molecule has 0 aliphatic carbocycles. The average molecular weight is 270 g/mol. The van der Waals surface area contributed by atoms with Crippen LogP contribution in [0.2, 0.25) is 0 Å². The summed E-state index contributed by atoms with van der Waals surface area (Å²) >= 11 is 1.34. The van der Waals surface area contributed by atoms with E-state index in [2.05, 4.69) is 5.32 Å². The van der Waals surface area contributed by atoms with Crippen molar-refractivity contribution in [2.75, 3.05) is 31.3 Å². The smallest absolute Gasteiger partial charge is 0.176 e. The van der Waals surface area contributed by atoms with Crippen molar-refractivity contribution in [3.63, 3.8) is 0 Å². The molecule has 1 aliphatic rings. The number of carbonyl (C=O) groups excluding carboxylic acids is 1. The number of nitrogen functional groups attached to an aromatic ring is 1. The van der Waals surface area contributed by atoms with Gasteiger partial charge in [0.2, 0.25) is 0 Å². The Kier molecular flexibility index (Phi) is 4.08. The minimum absolute atomic E-state index is 0.0408. The lowest BCUT2D eigenvalue weighted by Gasteiger charge is -2.11. The number of carbonyl (C=O) groups is 1. The van der Waals surface area contributed by atoms with Crippen molar-refractivity contribution in [3.8, 4) is 5.75 Å². The summed E-state index contributed by atoms with van der Waals surface area (Å²) in [5, 5.41) is 4.06. The molecule has 0 radical (unpaired) electrons. The van der Waals surface area contributed by atoms with E-state index >= 15 is 0 Å². The summed E-state index contributed by atoms with van der Waals surface area (Å²) in [6.45, 7) is 3.05. The normalized spacial score (nSPS) is 18.9. The number of Topliss-reactive ketones (excluding diaryl/α,β-unsaturated/α-hetero) is 1. The Hall–Kier alpha value is -1.27. The SMILES string of the molecule is COc1c(NCC2CCCO2)sc(C(C)=O)c1N. The van der Waals surface area contributed by atoms with E-state index in [1.54, 1.807) is 7.11 Å². The first kappa shape index (κ1) is 13.2. The van der Waals surface area contributed by atoms with Crippen LogP contribution >= 0.6 is 11.3 Å². The number of nitrogens with one attached hydrogen (secondary N) is 1. The second-order valence-electron chi connectivity index (χ2n) is 4.28. The highest BCUT2D eigenvalue weighted by molar-refractivity contribution is 7.19. The molecule has 6 heteroatoms. The van der Waals surface area contributed by atoms with Gasteiger partial charge < -0.3 is 20.5 Å². The highest BCUT2D eigenvalue weighted by Crippen LogP contribution is 2.42. The van der Waals surface area contributed by atoms with E-state index in [1.165, 1.54) is 18.3 Å². The quantitative estimate of drug-likeness (QED) is 0.802. The molecule has 1 atom stereocenters. The van der Waals surface area contributed by atoms with Crippen molar-refractivity contribution in [1.29, 1.82) is 0 Å². The molecule has 1 fully saturated rings. The summed E-state index contributed by atoms with van der Waals surface area (Å²) in [5.41, 5.74) is 6.31. The molecular formula is C12H18N2O3S. The van der Waals surface area contributed by atoms with E-state index < -0.39 is 0 Å². The van der Waals surface area contributed by atoms with Crippen molar-refractivity contribution >= 4 is 27.8 Å². The maximum absolute atomic E-state index is 11.4. The lowest BCUT2D eigenvalue weighted by atomic mass is 10.2. The van der Waals surface area contributed by atoms with Crippen molar-refractivity contribution in [2.24, 2.45) is 0 Å². The summed E-state index contributed by atoms with van der Waals surface area (Å²) in [5.74, 6) is 0.518. The molecule has 18 heavy (non-hydrogen) atoms. The van der Waals surface area contributed by atoms with Gasteiger partial charge in [-0.3, -0.25) is 4.79 Å². The molecule has 1 aromatic heterocycles. The van der Waals surface area contributed by atoms with Crippen LogP contribution in [-0.2, 0) is 4.74 Å². The highest BCUT2D eigenvalue weighted by Gasteiger charge is 2.21. The first-order valence-corrected chi connectivity index (χ1v) is 6.77. The second-order valence-corrected chi connectivity index (χ2v) is 5.30. The van der Waals surface area contributed by atoms with Crippen LogP contribution in [-0.4, -0.2) is 32.1 Å². The molecule has 1 saturated heterocycles. The Morgan fingerprint density at radius 3 is 3.00 bits per heavy atom. The topological polar surface area (TPSA) is 73.6 Å². The number of ether oxygens (including phenoxy) is 2. The molecule has 2 heterocycles. The van der Waals surface area contributed by atoms with Crippen LogP contribution in [0.1, 0.15) is 29.4 Å². The number of hydrogen-bond acceptors (Lipinski definition) is 6. The van der Waals surface area contributed by atoms with Gasteiger partial charge in [-0.2, -0.15) is 0 Å². The Balaban J connectivity index is 2.10. The number of methoxy groups -OCH3 is 1. The first-order chi connectivity index (χ1) is 8.63. The Morgan fingerprint density at radius 2 is 2.44 bits per heavy atom. The molecule has 5 nitrogen and oxygen atoms in total. The molecule has 1 unspecified atom stereocenters. The molecule has 0 aromatic carbocycles. The molecule has 2 rings (SSSR count). The maximum Gasteiger partial charge on any atom is 0.176 e. The number of anilines is 2. The number of thiophene rings is 1. The van der Waals surface area contributed by atoms with Gasteiger partial charge in [-0.25, -0.2) is 0 Å². The fraction of sp³-hybridized carbons (Fsp3) is 0.583. The predicted octanol–water partition coefficient (Wildman–Crippen LogP) is 2.13. The fourth-order valence-corrected chi connectivity index (χ4v) is 3.01. The summed E-state index contributed by atoms with van der Waals surface area (Å²) in [6, 6.07) is 0. The third kappa shape index (κ3) is 2.59. The molecular weight excluding hydrogens is 252 g/mol. The molecule has 0 amide bonds. The van der Waals surface area contributed by atoms with Gasteiger partial charge in [-0.15, -0.1) is 11.3 Å². The van der Waals surface area contributed by atoms with Gasteiger partial charge in [0.15, 0.2) is 11.5 Å². The van der Waals surface area contributed by atoms with Gasteiger partial charge in [-0.1, -0.05) is 0 Å². The van der Waals surface area contributed by atoms with E-state index in [-0.39, 0.29) is 11.9 Å². The van der Waals surface area contributed by atoms with E-state index in [1.807, 2.05) is 0 Å². The number of ketones is 1. The number of hydrogen-bond donors (Lipinski definition) is 2. The first-order valence-electron chi connectivity index (χ1n) is 5.96. The van der Waals surface area contributed by atoms with Gasteiger partial charge >= 0.3 is 0 Å². The Labute approximate surface area is 110 Å². The predicted molar refractivity (Wildman–Crippen MR) is 72.8 cm³/mol. The number of rotatable bonds is 5. The summed E-state index contributed by atoms with van der Waals surface area (Å²) in [4.78, 5) is 12.0. The van der Waals surface area contributed by atoms with Gasteiger partial charge in [0.05, 0.1) is 23.8 Å². The third-order valence-corrected chi connectivity index (χ3v) is 4.18.